The van der Waals surface area contributed by atoms with Crippen molar-refractivity contribution in [3.63, 3.8) is 0 Å². The zero-order valence-electron chi connectivity index (χ0n) is 7.88. The summed E-state index contributed by atoms with van der Waals surface area (Å²) in [6.45, 7) is 8.49. The number of halogens is 2. The van der Waals surface area contributed by atoms with Crippen LogP contribution in [0.2, 0.25) is 0 Å². The van der Waals surface area contributed by atoms with Gasteiger partial charge in [0.25, 0.3) is 0 Å². The molecule has 0 aromatic rings. The highest BCUT2D eigenvalue weighted by Gasteiger charge is 1.96. The molecule has 0 rings (SSSR count). The largest absolute Gasteiger partial charge is 0.335 e. The molecule has 76 valence electrons. The van der Waals surface area contributed by atoms with Crippen LogP contribution < -0.4 is 0 Å². The van der Waals surface area contributed by atoms with Crippen molar-refractivity contribution in [2.45, 2.75) is 13.8 Å². The third kappa shape index (κ3) is 22.5. The summed E-state index contributed by atoms with van der Waals surface area (Å²) in [5.41, 5.74) is 0. The highest BCUT2D eigenvalue weighted by Crippen LogP contribution is 2.41. The lowest BCUT2D eigenvalue weighted by atomic mass is 10.9. The van der Waals surface area contributed by atoms with Crippen molar-refractivity contribution in [1.29, 1.82) is 0 Å². The smallest absolute Gasteiger partial charge is 0.167 e. The van der Waals surface area contributed by atoms with Crippen molar-refractivity contribution in [3.8, 4) is 0 Å². The second kappa shape index (κ2) is 12.4. The van der Waals surface area contributed by atoms with Crippen LogP contribution in [0.1, 0.15) is 13.8 Å². The van der Waals surface area contributed by atoms with E-state index >= 15 is 0 Å². The molecule has 0 heterocycles. The van der Waals surface area contributed by atoms with Crippen LogP contribution in [0.4, 0.5) is 0 Å². The maximum absolute atomic E-state index is 5.12. The Balaban J connectivity index is 0. The van der Waals surface area contributed by atoms with Gasteiger partial charge in [-0.2, -0.15) is 0 Å². The molecular formula is C6H16Cl2O2P2. The Morgan fingerprint density at radius 2 is 1.25 bits per heavy atom. The summed E-state index contributed by atoms with van der Waals surface area (Å²) in [6, 6.07) is 0. The van der Waals surface area contributed by atoms with Crippen LogP contribution in [-0.2, 0) is 9.05 Å². The molecule has 0 aliphatic carbocycles. The molecule has 0 fully saturated rings. The number of rotatable bonds is 4. The van der Waals surface area contributed by atoms with Crippen LogP contribution in [0.3, 0.4) is 0 Å². The van der Waals surface area contributed by atoms with Gasteiger partial charge in [0.05, 0.1) is 19.8 Å². The highest BCUT2D eigenvalue weighted by molar-refractivity contribution is 8.03. The Morgan fingerprint density at radius 3 is 1.42 bits per heavy atom. The second-order valence-electron chi connectivity index (χ2n) is 1.68. The lowest BCUT2D eigenvalue weighted by molar-refractivity contribution is 0.274. The standard InChI is InChI=1S/C5H13O2P.CH3Cl2P/c1-4-6-8(3)7-5-2;1-4(2)3/h4-5H2,1-3H3;1H3. The highest BCUT2D eigenvalue weighted by atomic mass is 35.9. The van der Waals surface area contributed by atoms with Crippen molar-refractivity contribution in [2.24, 2.45) is 0 Å². The van der Waals surface area contributed by atoms with E-state index in [-0.39, 0.29) is 0 Å². The van der Waals surface area contributed by atoms with E-state index in [0.29, 0.717) is 0 Å². The van der Waals surface area contributed by atoms with Crippen LogP contribution in [0.25, 0.3) is 0 Å². The van der Waals surface area contributed by atoms with Gasteiger partial charge in [0.2, 0.25) is 0 Å². The van der Waals surface area contributed by atoms with Gasteiger partial charge in [-0.1, -0.05) is 22.5 Å². The molecule has 12 heavy (non-hydrogen) atoms. The molecule has 0 radical (unpaired) electrons. The summed E-state index contributed by atoms with van der Waals surface area (Å²) in [7, 11) is -0.581. The third-order valence-corrected chi connectivity index (χ3v) is 1.87. The Morgan fingerprint density at radius 1 is 1.00 bits per heavy atom. The van der Waals surface area contributed by atoms with Gasteiger partial charge in [0, 0.05) is 6.66 Å². The van der Waals surface area contributed by atoms with Gasteiger partial charge >= 0.3 is 0 Å². The fraction of sp³-hybridized carbons (Fsp3) is 1.00. The van der Waals surface area contributed by atoms with Gasteiger partial charge in [0.15, 0.2) is 8.38 Å². The van der Waals surface area contributed by atoms with Crippen LogP contribution in [-0.4, -0.2) is 26.5 Å². The van der Waals surface area contributed by atoms with Gasteiger partial charge < -0.3 is 9.05 Å². The minimum absolute atomic E-state index is 0.581. The van der Waals surface area contributed by atoms with Gasteiger partial charge in [0.1, 0.15) is 0 Å². The topological polar surface area (TPSA) is 18.5 Å². The molecule has 0 bridgehead atoms. The van der Waals surface area contributed by atoms with E-state index in [0.717, 1.165) is 13.2 Å². The molecule has 0 aromatic heterocycles. The first-order chi connectivity index (χ1) is 5.54. The Bertz CT molecular complexity index is 77.2. The summed E-state index contributed by atoms with van der Waals surface area (Å²) in [5.74, 6) is 0. The van der Waals surface area contributed by atoms with Gasteiger partial charge in [-0.3, -0.25) is 0 Å². The van der Waals surface area contributed by atoms with E-state index in [1.165, 1.54) is 0 Å². The SMILES string of the molecule is CCOP(C)OCC.CP(Cl)Cl. The molecule has 0 spiro atoms. The lowest BCUT2D eigenvalue weighted by Gasteiger charge is -2.08. The normalized spacial score (nSPS) is 10.0. The molecule has 0 atom stereocenters. The van der Waals surface area contributed by atoms with Crippen LogP contribution in [0.15, 0.2) is 0 Å². The predicted molar refractivity (Wildman–Crippen MR) is 60.6 cm³/mol. The van der Waals surface area contributed by atoms with Crippen molar-refractivity contribution in [1.82, 2.24) is 0 Å². The maximum atomic E-state index is 5.12. The first-order valence-corrected chi connectivity index (χ1v) is 8.81. The average Bonchev–Trinajstić information content (AvgIpc) is 1.87. The predicted octanol–water partition coefficient (Wildman–Crippen LogP) is 4.41. The van der Waals surface area contributed by atoms with Crippen LogP contribution in [0.5, 0.6) is 0 Å². The summed E-state index contributed by atoms with van der Waals surface area (Å²) >= 11 is 10.2. The second-order valence-corrected chi connectivity index (χ2v) is 7.44. The van der Waals surface area contributed by atoms with Gasteiger partial charge in [-0.25, -0.2) is 0 Å². The molecule has 0 saturated carbocycles. The zero-order valence-corrected chi connectivity index (χ0v) is 11.2. The van der Waals surface area contributed by atoms with Crippen molar-refractivity contribution in [3.05, 3.63) is 0 Å². The van der Waals surface area contributed by atoms with Crippen LogP contribution in [0, 0.1) is 0 Å². The maximum Gasteiger partial charge on any atom is 0.167 e. The molecule has 0 aliphatic rings. The van der Waals surface area contributed by atoms with E-state index in [9.17, 15) is 0 Å². The molecule has 6 heteroatoms. The van der Waals surface area contributed by atoms with E-state index < -0.39 is 15.0 Å². The van der Waals surface area contributed by atoms with Crippen molar-refractivity contribution < 1.29 is 9.05 Å². The fourth-order valence-electron chi connectivity index (χ4n) is 0.401. The summed E-state index contributed by atoms with van der Waals surface area (Å²) < 4.78 is 10.2. The van der Waals surface area contributed by atoms with Crippen molar-refractivity contribution in [2.75, 3.05) is 26.5 Å². The minimum Gasteiger partial charge on any atom is -0.335 e. The molecule has 0 saturated heterocycles. The van der Waals surface area contributed by atoms with E-state index in [1.807, 2.05) is 20.5 Å². The van der Waals surface area contributed by atoms with Crippen LogP contribution >= 0.6 is 37.5 Å². The van der Waals surface area contributed by atoms with E-state index in [2.05, 4.69) is 0 Å². The first kappa shape index (κ1) is 15.8. The fourth-order valence-corrected chi connectivity index (χ4v) is 1.20. The van der Waals surface area contributed by atoms with Crippen molar-refractivity contribution >= 4 is 37.5 Å². The molecule has 2 nitrogen and oxygen atoms in total. The first-order valence-electron chi connectivity index (χ1n) is 3.59. The number of hydrogen-bond donors (Lipinski definition) is 0. The number of hydrogen-bond acceptors (Lipinski definition) is 2. The monoisotopic (exact) mass is 252 g/mol. The van der Waals surface area contributed by atoms with E-state index in [4.69, 9.17) is 31.5 Å². The molecular weight excluding hydrogens is 237 g/mol. The Labute approximate surface area is 87.2 Å². The Hall–Kier alpha value is 1.36. The molecule has 0 amide bonds. The minimum atomic E-state index is -0.676. The molecule has 0 unspecified atom stereocenters. The lowest BCUT2D eigenvalue weighted by Crippen LogP contribution is -1.87. The summed E-state index contributed by atoms with van der Waals surface area (Å²) in [6.07, 6.45) is 0. The third-order valence-electron chi connectivity index (χ3n) is 0.622. The summed E-state index contributed by atoms with van der Waals surface area (Å²) in [5, 5.41) is 0. The molecule has 0 aromatic carbocycles. The van der Waals surface area contributed by atoms with Gasteiger partial charge in [-0.15, -0.1) is 0 Å². The van der Waals surface area contributed by atoms with E-state index in [1.54, 1.807) is 6.66 Å². The molecule has 0 aliphatic heterocycles. The molecule has 0 N–H and O–H groups in total. The van der Waals surface area contributed by atoms with Gasteiger partial charge in [-0.05, 0) is 20.5 Å². The quantitative estimate of drug-likeness (QED) is 0.691. The Kier molecular flexibility index (Phi) is 16.3. The summed E-state index contributed by atoms with van der Waals surface area (Å²) in [4.78, 5) is 0. The average molecular weight is 253 g/mol. The zero-order chi connectivity index (χ0) is 9.98.